The molecule has 114 valence electrons. The van der Waals surface area contributed by atoms with E-state index in [0.29, 0.717) is 11.5 Å². The molecule has 0 N–H and O–H groups in total. The maximum Gasteiger partial charge on any atom is 0.162 e. The molecule has 1 aliphatic heterocycles. The van der Waals surface area contributed by atoms with Crippen LogP contribution in [0.3, 0.4) is 0 Å². The summed E-state index contributed by atoms with van der Waals surface area (Å²) in [5.74, 6) is 2.10. The molecule has 0 unspecified atom stereocenters. The summed E-state index contributed by atoms with van der Waals surface area (Å²) in [6.45, 7) is 3.37. The molecule has 3 aromatic rings. The van der Waals surface area contributed by atoms with Gasteiger partial charge < -0.3 is 14.4 Å². The third-order valence-corrected chi connectivity index (χ3v) is 3.99. The molecule has 0 atom stereocenters. The molecule has 2 aromatic carbocycles. The fraction of sp³-hybridized carbons (Fsp3) is 0.167. The summed E-state index contributed by atoms with van der Waals surface area (Å²) in [6.07, 6.45) is 2.33. The van der Waals surface area contributed by atoms with E-state index < -0.39 is 0 Å². The molecular weight excluding hydrogens is 290 g/mol. The highest BCUT2D eigenvalue weighted by Gasteiger charge is 2.24. The van der Waals surface area contributed by atoms with Crippen LogP contribution in [0.1, 0.15) is 5.56 Å². The number of aromatic nitrogens is 2. The topological polar surface area (TPSA) is 47.5 Å². The van der Waals surface area contributed by atoms with Crippen LogP contribution in [0.15, 0.2) is 42.7 Å². The molecule has 0 amide bonds. The Balaban J connectivity index is 1.91. The minimum atomic E-state index is 0.652. The minimum Gasteiger partial charge on any atom is -0.493 e. The predicted molar refractivity (Wildman–Crippen MR) is 88.2 cm³/mol. The van der Waals surface area contributed by atoms with Gasteiger partial charge in [0.05, 0.1) is 19.7 Å². The third kappa shape index (κ3) is 2.16. The molecule has 1 aliphatic rings. The van der Waals surface area contributed by atoms with E-state index in [9.17, 15) is 0 Å². The van der Waals surface area contributed by atoms with E-state index in [1.807, 2.05) is 29.2 Å². The fourth-order valence-electron chi connectivity index (χ4n) is 2.86. The molecule has 1 aromatic heterocycles. The Hall–Kier alpha value is -2.82. The van der Waals surface area contributed by atoms with E-state index in [-0.39, 0.29) is 0 Å². The van der Waals surface area contributed by atoms with Gasteiger partial charge in [-0.25, -0.2) is 9.97 Å². The van der Waals surface area contributed by atoms with Crippen LogP contribution in [0.4, 0.5) is 11.5 Å². The van der Waals surface area contributed by atoms with Crippen molar-refractivity contribution in [1.29, 1.82) is 0 Å². The highest BCUT2D eigenvalue weighted by Crippen LogP contribution is 2.40. The lowest BCUT2D eigenvalue weighted by Crippen LogP contribution is -2.11. The van der Waals surface area contributed by atoms with Crippen LogP contribution in [0, 0.1) is 6.54 Å². The third-order valence-electron chi connectivity index (χ3n) is 3.99. The number of ether oxygens (including phenoxy) is 2. The van der Waals surface area contributed by atoms with E-state index in [0.717, 1.165) is 28.8 Å². The van der Waals surface area contributed by atoms with Gasteiger partial charge in [-0.05, 0) is 17.7 Å². The fourth-order valence-corrected chi connectivity index (χ4v) is 2.86. The van der Waals surface area contributed by atoms with Crippen LogP contribution in [0.2, 0.25) is 0 Å². The SMILES string of the molecule is COc1cc2ncnc(N3[C]Cc4ccccc43)c2cc1OC. The zero-order valence-electron chi connectivity index (χ0n) is 12.9. The second kappa shape index (κ2) is 5.43. The van der Waals surface area contributed by atoms with Crippen molar-refractivity contribution in [3.63, 3.8) is 0 Å². The molecule has 0 bridgehead atoms. The number of hydrogen-bond donors (Lipinski definition) is 0. The van der Waals surface area contributed by atoms with Crippen LogP contribution >= 0.6 is 0 Å². The van der Waals surface area contributed by atoms with Crippen molar-refractivity contribution >= 4 is 22.4 Å². The van der Waals surface area contributed by atoms with Crippen molar-refractivity contribution in [2.45, 2.75) is 6.42 Å². The Kier molecular flexibility index (Phi) is 3.26. The van der Waals surface area contributed by atoms with Crippen LogP contribution in [-0.4, -0.2) is 24.2 Å². The number of anilines is 2. The summed E-state index contributed by atoms with van der Waals surface area (Å²) in [7, 11) is 3.24. The molecule has 2 heterocycles. The molecule has 5 heteroatoms. The van der Waals surface area contributed by atoms with Crippen LogP contribution in [0.25, 0.3) is 10.9 Å². The quantitative estimate of drug-likeness (QED) is 0.742. The van der Waals surface area contributed by atoms with Gasteiger partial charge in [0.25, 0.3) is 0 Å². The molecule has 0 fully saturated rings. The zero-order chi connectivity index (χ0) is 15.8. The number of benzene rings is 2. The summed E-state index contributed by atoms with van der Waals surface area (Å²) in [4.78, 5) is 10.8. The van der Waals surface area contributed by atoms with Crippen molar-refractivity contribution in [1.82, 2.24) is 9.97 Å². The Labute approximate surface area is 134 Å². The van der Waals surface area contributed by atoms with Gasteiger partial charge in [0.2, 0.25) is 0 Å². The summed E-state index contributed by atoms with van der Waals surface area (Å²) in [5.41, 5.74) is 3.14. The Morgan fingerprint density at radius 3 is 2.65 bits per heavy atom. The molecule has 23 heavy (non-hydrogen) atoms. The first kappa shape index (κ1) is 13.8. The van der Waals surface area contributed by atoms with Crippen molar-refractivity contribution in [2.75, 3.05) is 19.1 Å². The largest absolute Gasteiger partial charge is 0.493 e. The van der Waals surface area contributed by atoms with Gasteiger partial charge in [-0.2, -0.15) is 0 Å². The lowest BCUT2D eigenvalue weighted by molar-refractivity contribution is 0.356. The standard InChI is InChI=1S/C18H15N3O2/c1-22-16-9-13-14(10-17(16)23-2)19-11-20-18(13)21-8-7-12-5-3-4-6-15(12)21/h3-6,9-11H,7H2,1-2H3. The summed E-state index contributed by atoms with van der Waals surface area (Å²) in [5, 5.41) is 0.898. The second-order valence-electron chi connectivity index (χ2n) is 5.22. The van der Waals surface area contributed by atoms with Crippen molar-refractivity contribution in [2.24, 2.45) is 0 Å². The average Bonchev–Trinajstić information content (AvgIpc) is 3.03. The summed E-state index contributed by atoms with van der Waals surface area (Å²) in [6, 6.07) is 12.0. The normalized spacial score (nSPS) is 13.2. The van der Waals surface area contributed by atoms with Gasteiger partial charge in [-0.3, -0.25) is 0 Å². The summed E-state index contributed by atoms with van der Waals surface area (Å²) >= 11 is 0. The molecule has 0 aliphatic carbocycles. The molecule has 0 saturated heterocycles. The van der Waals surface area contributed by atoms with E-state index in [1.54, 1.807) is 20.5 Å². The van der Waals surface area contributed by atoms with Gasteiger partial charge in [0.15, 0.2) is 11.5 Å². The predicted octanol–water partition coefficient (Wildman–Crippen LogP) is 3.38. The second-order valence-corrected chi connectivity index (χ2v) is 5.22. The van der Waals surface area contributed by atoms with E-state index >= 15 is 0 Å². The van der Waals surface area contributed by atoms with Gasteiger partial charge in [0.1, 0.15) is 18.7 Å². The molecule has 0 saturated carbocycles. The first-order valence-corrected chi connectivity index (χ1v) is 7.30. The van der Waals surface area contributed by atoms with E-state index in [4.69, 9.17) is 9.47 Å². The van der Waals surface area contributed by atoms with E-state index in [1.165, 1.54) is 5.56 Å². The van der Waals surface area contributed by atoms with Crippen LogP contribution < -0.4 is 14.4 Å². The number of nitrogens with zero attached hydrogens (tertiary/aromatic N) is 3. The molecular formula is C18H15N3O2. The average molecular weight is 305 g/mol. The van der Waals surface area contributed by atoms with Crippen molar-refractivity contribution in [3.05, 3.63) is 54.8 Å². The van der Waals surface area contributed by atoms with Crippen LogP contribution in [0.5, 0.6) is 11.5 Å². The Morgan fingerprint density at radius 1 is 1.04 bits per heavy atom. The van der Waals surface area contributed by atoms with Crippen molar-refractivity contribution < 1.29 is 9.47 Å². The lowest BCUT2D eigenvalue weighted by Gasteiger charge is -2.19. The maximum atomic E-state index is 5.41. The zero-order valence-corrected chi connectivity index (χ0v) is 12.9. The first-order valence-electron chi connectivity index (χ1n) is 7.30. The molecule has 0 spiro atoms. The first-order chi connectivity index (χ1) is 11.3. The molecule has 4 rings (SSSR count). The Bertz CT molecular complexity index is 879. The van der Waals surface area contributed by atoms with Crippen LogP contribution in [-0.2, 0) is 6.42 Å². The number of methoxy groups -OCH3 is 2. The number of fused-ring (bicyclic) bond motifs is 2. The smallest absolute Gasteiger partial charge is 0.162 e. The molecule has 2 radical (unpaired) electrons. The highest BCUT2D eigenvalue weighted by molar-refractivity contribution is 5.95. The Morgan fingerprint density at radius 2 is 1.83 bits per heavy atom. The monoisotopic (exact) mass is 305 g/mol. The van der Waals surface area contributed by atoms with Gasteiger partial charge in [0, 0.05) is 23.6 Å². The lowest BCUT2D eigenvalue weighted by atomic mass is 10.1. The van der Waals surface area contributed by atoms with Gasteiger partial charge >= 0.3 is 0 Å². The van der Waals surface area contributed by atoms with E-state index in [2.05, 4.69) is 28.6 Å². The highest BCUT2D eigenvalue weighted by atomic mass is 16.5. The number of rotatable bonds is 3. The van der Waals surface area contributed by atoms with Gasteiger partial charge in [-0.15, -0.1) is 0 Å². The summed E-state index contributed by atoms with van der Waals surface area (Å²) < 4.78 is 10.8. The number of hydrogen-bond acceptors (Lipinski definition) is 5. The molecule has 5 nitrogen and oxygen atoms in total. The maximum absolute atomic E-state index is 5.41. The number of para-hydroxylation sites is 1. The van der Waals surface area contributed by atoms with Crippen molar-refractivity contribution in [3.8, 4) is 11.5 Å². The van der Waals surface area contributed by atoms with Gasteiger partial charge in [-0.1, -0.05) is 18.2 Å². The minimum absolute atomic E-state index is 0.652.